The van der Waals surface area contributed by atoms with Crippen molar-refractivity contribution in [3.63, 3.8) is 0 Å². The van der Waals surface area contributed by atoms with Crippen LogP contribution in [0.1, 0.15) is 15.4 Å². The van der Waals surface area contributed by atoms with E-state index in [-0.39, 0.29) is 5.91 Å². The van der Waals surface area contributed by atoms with Crippen molar-refractivity contribution in [1.82, 2.24) is 15.1 Å². The first kappa shape index (κ1) is 9.21. The van der Waals surface area contributed by atoms with Crippen LogP contribution in [-0.2, 0) is 7.05 Å². The Labute approximate surface area is 85.5 Å². The molecule has 1 N–H and O–H groups in total. The summed E-state index contributed by atoms with van der Waals surface area (Å²) in [7, 11) is 3.53. The Bertz CT molecular complexity index is 463. The van der Waals surface area contributed by atoms with Gasteiger partial charge in [-0.2, -0.15) is 5.10 Å². The van der Waals surface area contributed by atoms with Crippen LogP contribution in [0.5, 0.6) is 0 Å². The van der Waals surface area contributed by atoms with Gasteiger partial charge in [0.15, 0.2) is 0 Å². The molecule has 0 radical (unpaired) electrons. The summed E-state index contributed by atoms with van der Waals surface area (Å²) in [6.07, 6.45) is 0. The average Bonchev–Trinajstić information content (AvgIpc) is 2.69. The highest BCUT2D eigenvalue weighted by Crippen LogP contribution is 2.27. The molecule has 0 saturated carbocycles. The number of rotatable bonds is 1. The molecule has 0 unspecified atom stereocenters. The van der Waals surface area contributed by atoms with Crippen molar-refractivity contribution in [2.75, 3.05) is 7.05 Å². The molecule has 14 heavy (non-hydrogen) atoms. The molecule has 0 spiro atoms. The molecule has 2 rings (SSSR count). The van der Waals surface area contributed by atoms with Crippen LogP contribution in [0.2, 0.25) is 0 Å². The highest BCUT2D eigenvalue weighted by molar-refractivity contribution is 7.20. The average molecular weight is 209 g/mol. The van der Waals surface area contributed by atoms with E-state index in [2.05, 4.69) is 10.4 Å². The molecule has 2 heterocycles. The summed E-state index contributed by atoms with van der Waals surface area (Å²) in [5.41, 5.74) is 0.967. The zero-order valence-corrected chi connectivity index (χ0v) is 9.10. The van der Waals surface area contributed by atoms with Crippen molar-refractivity contribution in [3.05, 3.63) is 16.6 Å². The summed E-state index contributed by atoms with van der Waals surface area (Å²) in [6.45, 7) is 1.95. The number of hydrogen-bond acceptors (Lipinski definition) is 3. The van der Waals surface area contributed by atoms with Crippen molar-refractivity contribution in [2.24, 2.45) is 7.05 Å². The lowest BCUT2D eigenvalue weighted by molar-refractivity contribution is 0.0967. The molecule has 0 aliphatic rings. The van der Waals surface area contributed by atoms with Gasteiger partial charge in [-0.25, -0.2) is 0 Å². The van der Waals surface area contributed by atoms with Crippen LogP contribution in [0.3, 0.4) is 0 Å². The summed E-state index contributed by atoms with van der Waals surface area (Å²) >= 11 is 1.47. The maximum absolute atomic E-state index is 11.4. The number of carbonyl (C=O) groups excluding carboxylic acids is 1. The Morgan fingerprint density at radius 1 is 1.64 bits per heavy atom. The highest BCUT2D eigenvalue weighted by Gasteiger charge is 2.13. The zero-order chi connectivity index (χ0) is 10.3. The molecule has 5 heteroatoms. The van der Waals surface area contributed by atoms with Gasteiger partial charge in [0.1, 0.15) is 4.83 Å². The molecule has 4 nitrogen and oxygen atoms in total. The number of aromatic nitrogens is 2. The zero-order valence-electron chi connectivity index (χ0n) is 8.29. The molecule has 0 saturated heterocycles. The Balaban J connectivity index is 2.63. The monoisotopic (exact) mass is 209 g/mol. The topological polar surface area (TPSA) is 46.9 Å². The number of nitrogens with one attached hydrogen (secondary N) is 1. The first-order valence-corrected chi connectivity index (χ1v) is 5.10. The molecule has 0 fully saturated rings. The van der Waals surface area contributed by atoms with E-state index in [1.807, 2.05) is 24.7 Å². The van der Waals surface area contributed by atoms with E-state index in [4.69, 9.17) is 0 Å². The lowest BCUT2D eigenvalue weighted by Gasteiger charge is -1.92. The fourth-order valence-electron chi connectivity index (χ4n) is 1.44. The van der Waals surface area contributed by atoms with E-state index in [1.54, 1.807) is 7.05 Å². The van der Waals surface area contributed by atoms with E-state index in [1.165, 1.54) is 11.3 Å². The Morgan fingerprint density at radius 2 is 2.36 bits per heavy atom. The van der Waals surface area contributed by atoms with Gasteiger partial charge in [-0.3, -0.25) is 9.48 Å². The van der Waals surface area contributed by atoms with Gasteiger partial charge in [0.25, 0.3) is 5.91 Å². The van der Waals surface area contributed by atoms with Gasteiger partial charge in [-0.05, 0) is 13.0 Å². The van der Waals surface area contributed by atoms with E-state index in [0.717, 1.165) is 20.8 Å². The number of fused-ring (bicyclic) bond motifs is 1. The number of aryl methyl sites for hydroxylation is 2. The molecule has 1 amide bonds. The van der Waals surface area contributed by atoms with E-state index >= 15 is 0 Å². The van der Waals surface area contributed by atoms with Crippen molar-refractivity contribution in [2.45, 2.75) is 6.92 Å². The second-order valence-electron chi connectivity index (χ2n) is 3.12. The second kappa shape index (κ2) is 3.09. The first-order chi connectivity index (χ1) is 6.63. The summed E-state index contributed by atoms with van der Waals surface area (Å²) in [4.78, 5) is 13.2. The lowest BCUT2D eigenvalue weighted by atomic mass is 10.3. The largest absolute Gasteiger partial charge is 0.354 e. The highest BCUT2D eigenvalue weighted by atomic mass is 32.1. The molecular formula is C9H11N3OS. The van der Waals surface area contributed by atoms with Gasteiger partial charge in [0.05, 0.1) is 10.6 Å². The van der Waals surface area contributed by atoms with Crippen LogP contribution in [0.25, 0.3) is 10.2 Å². The van der Waals surface area contributed by atoms with E-state index < -0.39 is 0 Å². The van der Waals surface area contributed by atoms with Crippen LogP contribution in [0.15, 0.2) is 6.07 Å². The van der Waals surface area contributed by atoms with Gasteiger partial charge in [-0.15, -0.1) is 11.3 Å². The third kappa shape index (κ3) is 1.21. The summed E-state index contributed by atoms with van der Waals surface area (Å²) in [5, 5.41) is 7.95. The fourth-order valence-corrected chi connectivity index (χ4v) is 2.51. The molecular weight excluding hydrogens is 198 g/mol. The van der Waals surface area contributed by atoms with Crippen LogP contribution in [-0.4, -0.2) is 22.7 Å². The smallest absolute Gasteiger partial charge is 0.261 e. The predicted molar refractivity (Wildman–Crippen MR) is 56.7 cm³/mol. The predicted octanol–water partition coefficient (Wildman–Crippen LogP) is 1.30. The third-order valence-corrected chi connectivity index (χ3v) is 3.35. The Kier molecular flexibility index (Phi) is 2.03. The molecule has 0 aliphatic carbocycles. The van der Waals surface area contributed by atoms with Crippen molar-refractivity contribution < 1.29 is 4.79 Å². The van der Waals surface area contributed by atoms with Gasteiger partial charge in [0.2, 0.25) is 0 Å². The minimum atomic E-state index is -0.0365. The molecule has 74 valence electrons. The van der Waals surface area contributed by atoms with Crippen molar-refractivity contribution in [1.29, 1.82) is 0 Å². The van der Waals surface area contributed by atoms with Crippen molar-refractivity contribution >= 4 is 27.5 Å². The van der Waals surface area contributed by atoms with Gasteiger partial charge in [-0.1, -0.05) is 0 Å². The minimum Gasteiger partial charge on any atom is -0.354 e. The molecule has 2 aromatic rings. The Morgan fingerprint density at radius 3 is 2.93 bits per heavy atom. The van der Waals surface area contributed by atoms with Crippen LogP contribution < -0.4 is 5.32 Å². The van der Waals surface area contributed by atoms with Crippen molar-refractivity contribution in [3.8, 4) is 0 Å². The molecule has 0 aliphatic heterocycles. The SMILES string of the molecule is CNC(=O)c1cc2c(C)nn(C)c2s1. The van der Waals surface area contributed by atoms with Crippen LogP contribution in [0.4, 0.5) is 0 Å². The lowest BCUT2D eigenvalue weighted by Crippen LogP contribution is -2.16. The Hall–Kier alpha value is -1.36. The van der Waals surface area contributed by atoms with Gasteiger partial charge < -0.3 is 5.32 Å². The first-order valence-electron chi connectivity index (χ1n) is 4.28. The third-order valence-electron chi connectivity index (χ3n) is 2.15. The quantitative estimate of drug-likeness (QED) is 0.769. The molecule has 2 aromatic heterocycles. The van der Waals surface area contributed by atoms with Gasteiger partial charge >= 0.3 is 0 Å². The standard InChI is InChI=1S/C9H11N3OS/c1-5-6-4-7(8(13)10-2)14-9(6)12(3)11-5/h4H,1-3H3,(H,10,13). The summed E-state index contributed by atoms with van der Waals surface area (Å²) in [5.74, 6) is -0.0365. The van der Waals surface area contributed by atoms with E-state index in [9.17, 15) is 4.79 Å². The second-order valence-corrected chi connectivity index (χ2v) is 4.15. The minimum absolute atomic E-state index is 0.0365. The molecule has 0 aromatic carbocycles. The number of amides is 1. The summed E-state index contributed by atoms with van der Waals surface area (Å²) in [6, 6.07) is 1.89. The maximum atomic E-state index is 11.4. The van der Waals surface area contributed by atoms with Crippen LogP contribution in [0, 0.1) is 6.92 Å². The number of carbonyl (C=O) groups is 1. The van der Waals surface area contributed by atoms with E-state index in [0.29, 0.717) is 0 Å². The maximum Gasteiger partial charge on any atom is 0.261 e. The number of thiophene rings is 1. The fraction of sp³-hybridized carbons (Fsp3) is 0.333. The number of nitrogens with zero attached hydrogens (tertiary/aromatic N) is 2. The number of hydrogen-bond donors (Lipinski definition) is 1. The molecule has 0 bridgehead atoms. The molecule has 0 atom stereocenters. The normalized spacial score (nSPS) is 10.8. The van der Waals surface area contributed by atoms with Crippen LogP contribution >= 0.6 is 11.3 Å². The van der Waals surface area contributed by atoms with Gasteiger partial charge in [0, 0.05) is 19.5 Å². The summed E-state index contributed by atoms with van der Waals surface area (Å²) < 4.78 is 1.81.